The molecule has 0 saturated heterocycles. The molecule has 0 bridgehead atoms. The first-order valence-corrected chi connectivity index (χ1v) is 10.1. The maximum atomic E-state index is 12.3. The normalized spacial score (nSPS) is 11.8. The number of amides is 1. The summed E-state index contributed by atoms with van der Waals surface area (Å²) < 4.78 is 0. The molecule has 3 rings (SSSR count). The largest absolute Gasteiger partial charge is 0.309 e. The molecule has 1 amide bonds. The van der Waals surface area contributed by atoms with Gasteiger partial charge in [0.15, 0.2) is 0 Å². The second-order valence-electron chi connectivity index (χ2n) is 6.83. The van der Waals surface area contributed by atoms with Gasteiger partial charge in [-0.25, -0.2) is 10.4 Å². The molecule has 7 heteroatoms. The Balaban J connectivity index is 1.69. The number of nitrogens with one attached hydrogen (secondary N) is 2. The highest BCUT2D eigenvalue weighted by Crippen LogP contribution is 2.25. The number of fused-ring (bicyclic) bond motifs is 1. The Morgan fingerprint density at radius 2 is 1.96 bits per heavy atom. The highest BCUT2D eigenvalue weighted by Gasteiger charge is 2.13. The van der Waals surface area contributed by atoms with Crippen LogP contribution in [0.5, 0.6) is 0 Å². The molecule has 0 atom stereocenters. The number of aromatic nitrogens is 2. The molecule has 0 aliphatic carbocycles. The summed E-state index contributed by atoms with van der Waals surface area (Å²) in [4.78, 5) is 33.4. The van der Waals surface area contributed by atoms with Crippen LogP contribution in [-0.4, -0.2) is 21.6 Å². The van der Waals surface area contributed by atoms with Crippen LogP contribution in [0.3, 0.4) is 0 Å². The summed E-state index contributed by atoms with van der Waals surface area (Å²) >= 11 is 1.46. The van der Waals surface area contributed by atoms with Gasteiger partial charge in [0, 0.05) is 4.88 Å². The number of benzene rings is 1. The predicted molar refractivity (Wildman–Crippen MR) is 114 cm³/mol. The maximum absolute atomic E-state index is 12.3. The molecular weight excluding hydrogens is 372 g/mol. The van der Waals surface area contributed by atoms with Crippen LogP contribution in [0.1, 0.15) is 47.7 Å². The fraction of sp³-hybridized carbons (Fsp3) is 0.333. The number of hydrogen-bond donors (Lipinski definition) is 2. The topological polar surface area (TPSA) is 87.2 Å². The molecule has 1 aromatic carbocycles. The van der Waals surface area contributed by atoms with Crippen LogP contribution in [0.15, 0.2) is 34.2 Å². The average molecular weight is 397 g/mol. The molecular formula is C21H24N4O2S. The van der Waals surface area contributed by atoms with Crippen molar-refractivity contribution in [2.75, 3.05) is 0 Å². The number of aromatic amines is 1. The van der Waals surface area contributed by atoms with E-state index in [-0.39, 0.29) is 17.9 Å². The van der Waals surface area contributed by atoms with Crippen LogP contribution in [0.25, 0.3) is 10.2 Å². The number of nitrogens with zero attached hydrogens (tertiary/aromatic N) is 2. The van der Waals surface area contributed by atoms with Crippen molar-refractivity contribution in [3.05, 3.63) is 62.0 Å². The lowest BCUT2D eigenvalue weighted by Crippen LogP contribution is -2.24. The zero-order chi connectivity index (χ0) is 20.3. The third-order valence-electron chi connectivity index (χ3n) is 4.67. The molecule has 0 unspecified atom stereocenters. The molecule has 0 fully saturated rings. The summed E-state index contributed by atoms with van der Waals surface area (Å²) in [7, 11) is 0. The van der Waals surface area contributed by atoms with Gasteiger partial charge in [-0.05, 0) is 43.9 Å². The van der Waals surface area contributed by atoms with E-state index in [9.17, 15) is 9.59 Å². The van der Waals surface area contributed by atoms with Crippen LogP contribution >= 0.6 is 11.3 Å². The van der Waals surface area contributed by atoms with E-state index in [0.29, 0.717) is 16.0 Å². The fourth-order valence-electron chi connectivity index (χ4n) is 2.99. The van der Waals surface area contributed by atoms with Gasteiger partial charge in [0.2, 0.25) is 5.91 Å². The van der Waals surface area contributed by atoms with Crippen molar-refractivity contribution in [3.8, 4) is 0 Å². The third-order valence-corrected chi connectivity index (χ3v) is 5.78. The summed E-state index contributed by atoms with van der Waals surface area (Å²) in [5.41, 5.74) is 6.24. The maximum Gasteiger partial charge on any atom is 0.259 e. The molecule has 0 aliphatic rings. The van der Waals surface area contributed by atoms with E-state index in [4.69, 9.17) is 0 Å². The van der Waals surface area contributed by atoms with Crippen molar-refractivity contribution >= 4 is 33.2 Å². The summed E-state index contributed by atoms with van der Waals surface area (Å²) in [6.45, 7) is 7.86. The second kappa shape index (κ2) is 8.48. The van der Waals surface area contributed by atoms with E-state index < -0.39 is 0 Å². The van der Waals surface area contributed by atoms with Gasteiger partial charge in [-0.1, -0.05) is 37.6 Å². The Morgan fingerprint density at radius 1 is 1.25 bits per heavy atom. The molecule has 28 heavy (non-hydrogen) atoms. The van der Waals surface area contributed by atoms with Crippen molar-refractivity contribution < 1.29 is 4.79 Å². The highest BCUT2D eigenvalue weighted by atomic mass is 32.1. The summed E-state index contributed by atoms with van der Waals surface area (Å²) in [6, 6.07) is 8.16. The first kappa shape index (κ1) is 19.9. The standard InChI is InChI=1S/C21H24N4O2S/c1-5-6-15-7-9-16(10-8-15)13(3)24-25-18(26)11-17-22-20(27)19-12(2)14(4)28-21(19)23-17/h7-10H,5-6,11H2,1-4H3,(H,25,26)(H,22,23,27)/b24-13-. The van der Waals surface area contributed by atoms with Crippen LogP contribution < -0.4 is 11.0 Å². The lowest BCUT2D eigenvalue weighted by atomic mass is 10.1. The zero-order valence-electron chi connectivity index (χ0n) is 16.5. The number of hydrazone groups is 1. The van der Waals surface area contributed by atoms with Gasteiger partial charge in [0.25, 0.3) is 5.56 Å². The van der Waals surface area contributed by atoms with Gasteiger partial charge in [-0.2, -0.15) is 5.10 Å². The van der Waals surface area contributed by atoms with Gasteiger partial charge in [-0.3, -0.25) is 9.59 Å². The van der Waals surface area contributed by atoms with E-state index in [1.807, 2.05) is 32.9 Å². The number of rotatable bonds is 6. The van der Waals surface area contributed by atoms with Crippen LogP contribution in [0.2, 0.25) is 0 Å². The van der Waals surface area contributed by atoms with E-state index in [0.717, 1.165) is 34.6 Å². The minimum absolute atomic E-state index is 0.0343. The van der Waals surface area contributed by atoms with Gasteiger partial charge in [0.05, 0.1) is 17.5 Å². The monoisotopic (exact) mass is 396 g/mol. The van der Waals surface area contributed by atoms with Gasteiger partial charge in [-0.15, -0.1) is 11.3 Å². The highest BCUT2D eigenvalue weighted by molar-refractivity contribution is 7.18. The molecule has 0 radical (unpaired) electrons. The molecule has 2 N–H and O–H groups in total. The van der Waals surface area contributed by atoms with Crippen molar-refractivity contribution in [1.29, 1.82) is 0 Å². The molecule has 6 nitrogen and oxygen atoms in total. The fourth-order valence-corrected chi connectivity index (χ4v) is 4.04. The Kier molecular flexibility index (Phi) is 6.04. The summed E-state index contributed by atoms with van der Waals surface area (Å²) in [5.74, 6) is 0.0162. The van der Waals surface area contributed by atoms with Gasteiger partial charge < -0.3 is 4.98 Å². The summed E-state index contributed by atoms with van der Waals surface area (Å²) in [6.07, 6.45) is 2.12. The minimum atomic E-state index is -0.325. The second-order valence-corrected chi connectivity index (χ2v) is 8.04. The van der Waals surface area contributed by atoms with E-state index in [1.54, 1.807) is 0 Å². The number of hydrogen-bond acceptors (Lipinski definition) is 5. The molecule has 0 aliphatic heterocycles. The van der Waals surface area contributed by atoms with Crippen molar-refractivity contribution in [3.63, 3.8) is 0 Å². The van der Waals surface area contributed by atoms with Crippen LogP contribution in [-0.2, 0) is 17.6 Å². The Labute approximate surface area is 167 Å². The lowest BCUT2D eigenvalue weighted by molar-refractivity contribution is -0.120. The molecule has 146 valence electrons. The smallest absolute Gasteiger partial charge is 0.259 e. The lowest BCUT2D eigenvalue weighted by Gasteiger charge is -2.05. The number of H-pyrrole nitrogens is 1. The SMILES string of the molecule is CCCc1ccc(/C(C)=N\NC(=O)Cc2nc3sc(C)c(C)c3c(=O)[nH]2)cc1. The van der Waals surface area contributed by atoms with E-state index in [1.165, 1.54) is 16.9 Å². The number of carbonyl (C=O) groups excluding carboxylic acids is 1. The number of thiophene rings is 1. The van der Waals surface area contributed by atoms with Gasteiger partial charge >= 0.3 is 0 Å². The summed E-state index contributed by atoms with van der Waals surface area (Å²) in [5, 5.41) is 4.77. The Bertz CT molecular complexity index is 1090. The van der Waals surface area contributed by atoms with E-state index in [2.05, 4.69) is 39.6 Å². The van der Waals surface area contributed by atoms with Crippen LogP contribution in [0.4, 0.5) is 0 Å². The first-order chi connectivity index (χ1) is 13.4. The van der Waals surface area contributed by atoms with Gasteiger partial charge in [0.1, 0.15) is 10.7 Å². The molecule has 2 heterocycles. The third kappa shape index (κ3) is 4.36. The molecule has 0 saturated carbocycles. The Morgan fingerprint density at radius 3 is 2.64 bits per heavy atom. The quantitative estimate of drug-likeness (QED) is 0.493. The Hall–Kier alpha value is -2.80. The zero-order valence-corrected chi connectivity index (χ0v) is 17.4. The van der Waals surface area contributed by atoms with Crippen molar-refractivity contribution in [2.24, 2.45) is 5.10 Å². The molecule has 3 aromatic rings. The predicted octanol–water partition coefficient (Wildman–Crippen LogP) is 3.64. The van der Waals surface area contributed by atoms with Crippen molar-refractivity contribution in [1.82, 2.24) is 15.4 Å². The average Bonchev–Trinajstić information content (AvgIpc) is 2.95. The van der Waals surface area contributed by atoms with Crippen molar-refractivity contribution in [2.45, 2.75) is 47.0 Å². The minimum Gasteiger partial charge on any atom is -0.309 e. The molecule has 2 aromatic heterocycles. The number of aryl methyl sites for hydroxylation is 3. The number of carbonyl (C=O) groups is 1. The molecule has 0 spiro atoms. The van der Waals surface area contributed by atoms with E-state index >= 15 is 0 Å². The first-order valence-electron chi connectivity index (χ1n) is 9.30. The van der Waals surface area contributed by atoms with Crippen LogP contribution in [0, 0.1) is 13.8 Å².